The first-order valence-electron chi connectivity index (χ1n) is 11.8. The molecule has 1 saturated heterocycles. The van der Waals surface area contributed by atoms with Gasteiger partial charge in [-0.3, -0.25) is 4.79 Å². The Morgan fingerprint density at radius 3 is 2.50 bits per heavy atom. The number of rotatable bonds is 9. The lowest BCUT2D eigenvalue weighted by molar-refractivity contribution is -0.136. The Balaban J connectivity index is 1.75. The third-order valence-corrected chi connectivity index (χ3v) is 6.02. The number of para-hydroxylation sites is 3. The predicted molar refractivity (Wildman–Crippen MR) is 131 cm³/mol. The quantitative estimate of drug-likeness (QED) is 0.439. The summed E-state index contributed by atoms with van der Waals surface area (Å²) < 4.78 is 19.6. The SMILES string of the molecule is COc1ccccc1Oc1c(CN(C[C@@H]2CCCO2)C(=O)C(C)C)c(C)nn1-c1ccccc1. The van der Waals surface area contributed by atoms with Crippen molar-refractivity contribution in [2.45, 2.75) is 46.3 Å². The molecular formula is C27H33N3O4. The van der Waals surface area contributed by atoms with Gasteiger partial charge < -0.3 is 19.1 Å². The average molecular weight is 464 g/mol. The van der Waals surface area contributed by atoms with Gasteiger partial charge in [-0.1, -0.05) is 44.2 Å². The van der Waals surface area contributed by atoms with E-state index in [1.54, 1.807) is 11.8 Å². The van der Waals surface area contributed by atoms with Crippen molar-refractivity contribution in [2.75, 3.05) is 20.3 Å². The van der Waals surface area contributed by atoms with Crippen molar-refractivity contribution in [3.05, 3.63) is 65.9 Å². The second-order valence-corrected chi connectivity index (χ2v) is 8.88. The summed E-state index contributed by atoms with van der Waals surface area (Å²) in [6.07, 6.45) is 2.06. The predicted octanol–water partition coefficient (Wildman–Crippen LogP) is 5.15. The van der Waals surface area contributed by atoms with Crippen LogP contribution in [0.25, 0.3) is 5.69 Å². The van der Waals surface area contributed by atoms with Gasteiger partial charge in [0.25, 0.3) is 0 Å². The number of hydrogen-bond acceptors (Lipinski definition) is 5. The average Bonchev–Trinajstić information content (AvgIpc) is 3.47. The molecule has 2 aromatic carbocycles. The fourth-order valence-corrected chi connectivity index (χ4v) is 4.20. The lowest BCUT2D eigenvalue weighted by atomic mass is 10.1. The molecule has 0 saturated carbocycles. The molecule has 0 radical (unpaired) electrons. The van der Waals surface area contributed by atoms with Crippen LogP contribution in [0.1, 0.15) is 37.9 Å². The molecule has 4 rings (SSSR count). The lowest BCUT2D eigenvalue weighted by Crippen LogP contribution is -2.39. The summed E-state index contributed by atoms with van der Waals surface area (Å²) in [7, 11) is 1.62. The van der Waals surface area contributed by atoms with Gasteiger partial charge in [0.2, 0.25) is 11.8 Å². The molecule has 0 bridgehead atoms. The zero-order valence-corrected chi connectivity index (χ0v) is 20.4. The van der Waals surface area contributed by atoms with Gasteiger partial charge in [0.1, 0.15) is 0 Å². The van der Waals surface area contributed by atoms with E-state index in [-0.39, 0.29) is 17.9 Å². The van der Waals surface area contributed by atoms with Gasteiger partial charge in [-0.15, -0.1) is 0 Å². The van der Waals surface area contributed by atoms with Gasteiger partial charge in [0, 0.05) is 19.1 Å². The van der Waals surface area contributed by atoms with Crippen LogP contribution in [0.4, 0.5) is 0 Å². The zero-order chi connectivity index (χ0) is 24.1. The van der Waals surface area contributed by atoms with Gasteiger partial charge in [0.15, 0.2) is 11.5 Å². The third kappa shape index (κ3) is 5.25. The summed E-state index contributed by atoms with van der Waals surface area (Å²) in [4.78, 5) is 15.1. The van der Waals surface area contributed by atoms with Crippen molar-refractivity contribution < 1.29 is 19.0 Å². The molecule has 0 aliphatic carbocycles. The molecule has 2 heterocycles. The van der Waals surface area contributed by atoms with Crippen LogP contribution in [0.3, 0.4) is 0 Å². The summed E-state index contributed by atoms with van der Waals surface area (Å²) in [6, 6.07) is 17.4. The van der Waals surface area contributed by atoms with Gasteiger partial charge in [-0.05, 0) is 44.0 Å². The van der Waals surface area contributed by atoms with Crippen LogP contribution in [0.15, 0.2) is 54.6 Å². The smallest absolute Gasteiger partial charge is 0.228 e. The van der Waals surface area contributed by atoms with Crippen molar-refractivity contribution in [1.82, 2.24) is 14.7 Å². The Bertz CT molecular complexity index is 1100. The highest BCUT2D eigenvalue weighted by molar-refractivity contribution is 5.78. The number of hydrogen-bond donors (Lipinski definition) is 0. The molecule has 0 unspecified atom stereocenters. The molecule has 7 nitrogen and oxygen atoms in total. The van der Waals surface area contributed by atoms with Crippen LogP contribution in [-0.4, -0.2) is 47.0 Å². The molecule has 7 heteroatoms. The summed E-state index contributed by atoms with van der Waals surface area (Å²) >= 11 is 0. The largest absolute Gasteiger partial charge is 0.493 e. The second-order valence-electron chi connectivity index (χ2n) is 8.88. The standard InChI is InChI=1S/C27H33N3O4/c1-19(2)26(31)29(17-22-13-10-16-33-22)18-23-20(3)28-30(21-11-6-5-7-12-21)27(23)34-25-15-9-8-14-24(25)32-4/h5-9,11-12,14-15,19,22H,10,13,16-18H2,1-4H3/t22-/m0/s1. The minimum Gasteiger partial charge on any atom is -0.493 e. The molecule has 1 amide bonds. The first kappa shape index (κ1) is 23.8. The number of aryl methyl sites for hydroxylation is 1. The van der Waals surface area contributed by atoms with Gasteiger partial charge >= 0.3 is 0 Å². The number of methoxy groups -OCH3 is 1. The van der Waals surface area contributed by atoms with Gasteiger partial charge in [-0.25, -0.2) is 4.68 Å². The first-order valence-corrected chi connectivity index (χ1v) is 11.8. The van der Waals surface area contributed by atoms with E-state index in [1.165, 1.54) is 0 Å². The van der Waals surface area contributed by atoms with Crippen molar-refractivity contribution in [3.63, 3.8) is 0 Å². The fraction of sp³-hybridized carbons (Fsp3) is 0.407. The topological polar surface area (TPSA) is 65.8 Å². The number of benzene rings is 2. The number of aromatic nitrogens is 2. The van der Waals surface area contributed by atoms with E-state index in [0.29, 0.717) is 30.5 Å². The van der Waals surface area contributed by atoms with Crippen LogP contribution in [0, 0.1) is 12.8 Å². The number of amides is 1. The number of carbonyl (C=O) groups is 1. The maximum absolute atomic E-state index is 13.2. The molecule has 1 aliphatic rings. The van der Waals surface area contributed by atoms with E-state index in [0.717, 1.165) is 36.4 Å². The van der Waals surface area contributed by atoms with Crippen LogP contribution in [0.2, 0.25) is 0 Å². The third-order valence-electron chi connectivity index (χ3n) is 6.02. The van der Waals surface area contributed by atoms with E-state index in [1.807, 2.05) is 80.3 Å². The molecule has 0 N–H and O–H groups in total. The minimum absolute atomic E-state index is 0.0609. The van der Waals surface area contributed by atoms with Crippen LogP contribution in [-0.2, 0) is 16.1 Å². The molecule has 3 aromatic rings. The molecular weight excluding hydrogens is 430 g/mol. The Labute approximate surface area is 201 Å². The Hall–Kier alpha value is -3.32. The van der Waals surface area contributed by atoms with Crippen molar-refractivity contribution in [2.24, 2.45) is 5.92 Å². The van der Waals surface area contributed by atoms with E-state index >= 15 is 0 Å². The van der Waals surface area contributed by atoms with Crippen molar-refractivity contribution >= 4 is 5.91 Å². The van der Waals surface area contributed by atoms with Crippen molar-refractivity contribution in [1.29, 1.82) is 0 Å². The lowest BCUT2D eigenvalue weighted by Gasteiger charge is -2.27. The summed E-state index contributed by atoms with van der Waals surface area (Å²) in [5, 5.41) is 4.80. The Morgan fingerprint density at radius 1 is 1.15 bits per heavy atom. The maximum atomic E-state index is 13.2. The second kappa shape index (κ2) is 10.7. The van der Waals surface area contributed by atoms with E-state index in [2.05, 4.69) is 0 Å². The number of ether oxygens (including phenoxy) is 3. The summed E-state index contributed by atoms with van der Waals surface area (Å²) in [5.41, 5.74) is 2.55. The Kier molecular flexibility index (Phi) is 7.53. The molecule has 1 aromatic heterocycles. The molecule has 1 fully saturated rings. The van der Waals surface area contributed by atoms with Crippen LogP contribution < -0.4 is 9.47 Å². The molecule has 1 atom stereocenters. The summed E-state index contributed by atoms with van der Waals surface area (Å²) in [6.45, 7) is 7.51. The highest BCUT2D eigenvalue weighted by atomic mass is 16.5. The van der Waals surface area contributed by atoms with E-state index < -0.39 is 0 Å². The Morgan fingerprint density at radius 2 is 1.85 bits per heavy atom. The zero-order valence-electron chi connectivity index (χ0n) is 20.4. The maximum Gasteiger partial charge on any atom is 0.228 e. The van der Waals surface area contributed by atoms with Gasteiger partial charge in [-0.2, -0.15) is 5.10 Å². The first-order chi connectivity index (χ1) is 16.5. The molecule has 1 aliphatic heterocycles. The van der Waals surface area contributed by atoms with Gasteiger partial charge in [0.05, 0.1) is 36.7 Å². The van der Waals surface area contributed by atoms with Crippen molar-refractivity contribution in [3.8, 4) is 23.1 Å². The highest BCUT2D eigenvalue weighted by Crippen LogP contribution is 2.36. The molecule has 34 heavy (non-hydrogen) atoms. The molecule has 0 spiro atoms. The van der Waals surface area contributed by atoms with Crippen LogP contribution >= 0.6 is 0 Å². The van der Waals surface area contributed by atoms with Crippen LogP contribution in [0.5, 0.6) is 17.4 Å². The fourth-order valence-electron chi connectivity index (χ4n) is 4.20. The van der Waals surface area contributed by atoms with E-state index in [9.17, 15) is 4.79 Å². The monoisotopic (exact) mass is 463 g/mol. The number of carbonyl (C=O) groups excluding carboxylic acids is 1. The molecule has 180 valence electrons. The minimum atomic E-state index is -0.121. The normalized spacial score (nSPS) is 15.5. The van der Waals surface area contributed by atoms with E-state index in [4.69, 9.17) is 19.3 Å². The summed E-state index contributed by atoms with van der Waals surface area (Å²) in [5.74, 6) is 1.75. The number of nitrogens with zero attached hydrogens (tertiary/aromatic N) is 3. The highest BCUT2D eigenvalue weighted by Gasteiger charge is 2.28.